The number of hydrazone groups is 1. The summed E-state index contributed by atoms with van der Waals surface area (Å²) < 4.78 is 17.6. The lowest BCUT2D eigenvalue weighted by Crippen LogP contribution is -2.01. The van der Waals surface area contributed by atoms with E-state index in [4.69, 9.17) is 0 Å². The molecule has 0 aliphatic carbocycles. The van der Waals surface area contributed by atoms with Crippen LogP contribution in [0.4, 0.5) is 9.52 Å². The Bertz CT molecular complexity index is 809. The molecule has 6 nitrogen and oxygen atoms in total. The molecule has 0 fully saturated rings. The summed E-state index contributed by atoms with van der Waals surface area (Å²) in [5.41, 5.74) is 6.41. The number of nitrogens with zero attached hydrogens (tertiary/aromatic N) is 4. The van der Waals surface area contributed by atoms with Crippen LogP contribution in [0.5, 0.6) is 0 Å². The maximum Gasteiger partial charge on any atom is 0.203 e. The van der Waals surface area contributed by atoms with Crippen LogP contribution in [-0.2, 0) is 0 Å². The fourth-order valence-corrected chi connectivity index (χ4v) is 2.48. The molecule has 1 aromatic carbocycles. The molecule has 3 aromatic rings. The highest BCUT2D eigenvalue weighted by molar-refractivity contribution is 7.14. The topological polar surface area (TPSA) is 76.2 Å². The largest absolute Gasteiger partial charge is 0.252 e. The first kappa shape index (κ1) is 14.3. The van der Waals surface area contributed by atoms with Gasteiger partial charge in [0.25, 0.3) is 0 Å². The van der Waals surface area contributed by atoms with Crippen molar-refractivity contribution in [3.05, 3.63) is 46.9 Å². The molecule has 0 atom stereocenters. The third-order valence-corrected chi connectivity index (χ3v) is 3.71. The Labute approximate surface area is 129 Å². The van der Waals surface area contributed by atoms with Crippen molar-refractivity contribution in [1.29, 1.82) is 0 Å². The molecule has 0 aliphatic rings. The molecule has 2 aromatic heterocycles. The molecule has 0 saturated heterocycles. The van der Waals surface area contributed by atoms with Gasteiger partial charge in [-0.2, -0.15) is 5.10 Å². The minimum Gasteiger partial charge on any atom is -0.252 e. The number of anilines is 1. The number of nitrogens with one attached hydrogen (secondary N) is 1. The van der Waals surface area contributed by atoms with Gasteiger partial charge in [0, 0.05) is 10.9 Å². The highest BCUT2D eigenvalue weighted by Crippen LogP contribution is 2.25. The molecule has 0 unspecified atom stereocenters. The van der Waals surface area contributed by atoms with Crippen LogP contribution in [0.25, 0.3) is 11.3 Å². The average Bonchev–Trinajstić information content (AvgIpc) is 3.14. The van der Waals surface area contributed by atoms with Crippen molar-refractivity contribution in [3.63, 3.8) is 0 Å². The minimum atomic E-state index is -0.269. The number of rotatable bonds is 4. The maximum absolute atomic E-state index is 12.9. The zero-order valence-corrected chi connectivity index (χ0v) is 12.7. The third-order valence-electron chi connectivity index (χ3n) is 2.96. The van der Waals surface area contributed by atoms with Gasteiger partial charge in [-0.05, 0) is 43.3 Å². The molecule has 2 heterocycles. The SMILES string of the molecule is C/C(=N/Nc1nc(-c2ccc(F)cc2)cs1)c1nonc1C. The van der Waals surface area contributed by atoms with E-state index in [1.54, 1.807) is 26.0 Å². The second kappa shape index (κ2) is 6.02. The van der Waals surface area contributed by atoms with Crippen LogP contribution < -0.4 is 5.43 Å². The number of benzene rings is 1. The highest BCUT2D eigenvalue weighted by Gasteiger charge is 2.09. The fourth-order valence-electron chi connectivity index (χ4n) is 1.82. The molecule has 112 valence electrons. The van der Waals surface area contributed by atoms with Gasteiger partial charge in [-0.3, -0.25) is 5.43 Å². The maximum atomic E-state index is 12.9. The van der Waals surface area contributed by atoms with Gasteiger partial charge in [0.15, 0.2) is 5.69 Å². The Kier molecular flexibility index (Phi) is 3.92. The first-order valence-electron chi connectivity index (χ1n) is 6.45. The molecule has 1 N–H and O–H groups in total. The van der Waals surface area contributed by atoms with Crippen LogP contribution in [0.15, 0.2) is 39.4 Å². The Morgan fingerprint density at radius 3 is 2.73 bits per heavy atom. The van der Waals surface area contributed by atoms with Gasteiger partial charge in [-0.1, -0.05) is 5.16 Å². The predicted molar refractivity (Wildman–Crippen MR) is 82.4 cm³/mol. The van der Waals surface area contributed by atoms with Crippen molar-refractivity contribution in [2.75, 3.05) is 5.43 Å². The van der Waals surface area contributed by atoms with Gasteiger partial charge in [0.05, 0.1) is 11.4 Å². The van der Waals surface area contributed by atoms with Gasteiger partial charge in [-0.15, -0.1) is 11.3 Å². The summed E-state index contributed by atoms with van der Waals surface area (Å²) in [6.07, 6.45) is 0. The van der Waals surface area contributed by atoms with Gasteiger partial charge in [0.1, 0.15) is 11.5 Å². The van der Waals surface area contributed by atoms with Crippen LogP contribution in [0.3, 0.4) is 0 Å². The van der Waals surface area contributed by atoms with Crippen molar-refractivity contribution in [1.82, 2.24) is 15.3 Å². The normalized spacial score (nSPS) is 11.7. The summed E-state index contributed by atoms with van der Waals surface area (Å²) in [5.74, 6) is -0.269. The number of aromatic nitrogens is 3. The van der Waals surface area contributed by atoms with E-state index in [9.17, 15) is 4.39 Å². The van der Waals surface area contributed by atoms with E-state index in [1.807, 2.05) is 5.38 Å². The quantitative estimate of drug-likeness (QED) is 0.589. The van der Waals surface area contributed by atoms with E-state index in [0.717, 1.165) is 11.3 Å². The number of aryl methyl sites for hydroxylation is 1. The molecule has 22 heavy (non-hydrogen) atoms. The van der Waals surface area contributed by atoms with E-state index in [-0.39, 0.29) is 5.82 Å². The van der Waals surface area contributed by atoms with Crippen molar-refractivity contribution < 1.29 is 9.02 Å². The van der Waals surface area contributed by atoms with Crippen LogP contribution in [-0.4, -0.2) is 21.0 Å². The van der Waals surface area contributed by atoms with Crippen molar-refractivity contribution in [2.24, 2.45) is 5.10 Å². The average molecular weight is 317 g/mol. The van der Waals surface area contributed by atoms with Crippen LogP contribution >= 0.6 is 11.3 Å². The van der Waals surface area contributed by atoms with Crippen molar-refractivity contribution >= 4 is 22.2 Å². The minimum absolute atomic E-state index is 0.269. The molecule has 0 saturated carbocycles. The van der Waals surface area contributed by atoms with Gasteiger partial charge in [-0.25, -0.2) is 14.0 Å². The second-order valence-corrected chi connectivity index (χ2v) is 5.41. The molecule has 0 aliphatic heterocycles. The number of hydrogen-bond donors (Lipinski definition) is 1. The van der Waals surface area contributed by atoms with Crippen LogP contribution in [0.2, 0.25) is 0 Å². The summed E-state index contributed by atoms with van der Waals surface area (Å²) in [7, 11) is 0. The number of halogens is 1. The van der Waals surface area contributed by atoms with E-state index in [1.165, 1.54) is 23.5 Å². The Morgan fingerprint density at radius 1 is 1.27 bits per heavy atom. The first-order chi connectivity index (χ1) is 10.6. The molecule has 0 bridgehead atoms. The highest BCUT2D eigenvalue weighted by atomic mass is 32.1. The van der Waals surface area contributed by atoms with E-state index in [0.29, 0.717) is 22.2 Å². The summed E-state index contributed by atoms with van der Waals surface area (Å²) >= 11 is 1.41. The monoisotopic (exact) mass is 317 g/mol. The van der Waals surface area contributed by atoms with Gasteiger partial charge < -0.3 is 0 Å². The van der Waals surface area contributed by atoms with Crippen LogP contribution in [0.1, 0.15) is 18.3 Å². The van der Waals surface area contributed by atoms with Crippen LogP contribution in [0, 0.1) is 12.7 Å². The predicted octanol–water partition coefficient (Wildman–Crippen LogP) is 3.48. The summed E-state index contributed by atoms with van der Waals surface area (Å²) in [6.45, 7) is 3.59. The number of thiazole rings is 1. The molecular formula is C14H12FN5OS. The lowest BCUT2D eigenvalue weighted by atomic mass is 10.2. The van der Waals surface area contributed by atoms with Crippen molar-refractivity contribution in [3.8, 4) is 11.3 Å². The number of hydrogen-bond acceptors (Lipinski definition) is 7. The zero-order valence-electron chi connectivity index (χ0n) is 11.9. The van der Waals surface area contributed by atoms with Gasteiger partial charge in [0.2, 0.25) is 5.13 Å². The molecule has 3 rings (SSSR count). The fraction of sp³-hybridized carbons (Fsp3) is 0.143. The summed E-state index contributed by atoms with van der Waals surface area (Å²) in [4.78, 5) is 4.40. The zero-order chi connectivity index (χ0) is 15.5. The molecule has 8 heteroatoms. The van der Waals surface area contributed by atoms with Crippen molar-refractivity contribution in [2.45, 2.75) is 13.8 Å². The molecule has 0 amide bonds. The van der Waals surface area contributed by atoms with E-state index >= 15 is 0 Å². The molecule has 0 radical (unpaired) electrons. The Balaban J connectivity index is 1.75. The lowest BCUT2D eigenvalue weighted by molar-refractivity contribution is 0.304. The lowest BCUT2D eigenvalue weighted by Gasteiger charge is -1.98. The van der Waals surface area contributed by atoms with E-state index in [2.05, 4.69) is 30.5 Å². The summed E-state index contributed by atoms with van der Waals surface area (Å²) in [6, 6.07) is 6.19. The first-order valence-corrected chi connectivity index (χ1v) is 7.33. The standard InChI is InChI=1S/C14H12FN5OS/c1-8(13-9(2)19-21-20-13)17-18-14-16-12(7-22-14)10-3-5-11(15)6-4-10/h3-7H,1-2H3,(H,16,18)/b17-8-. The Morgan fingerprint density at radius 2 is 2.05 bits per heavy atom. The summed E-state index contributed by atoms with van der Waals surface area (Å²) in [5, 5.41) is 14.2. The third kappa shape index (κ3) is 3.01. The second-order valence-electron chi connectivity index (χ2n) is 4.55. The molecule has 0 spiro atoms. The van der Waals surface area contributed by atoms with Gasteiger partial charge >= 0.3 is 0 Å². The van der Waals surface area contributed by atoms with E-state index < -0.39 is 0 Å². The molecular weight excluding hydrogens is 305 g/mol. The smallest absolute Gasteiger partial charge is 0.203 e. The Hall–Kier alpha value is -2.61.